The maximum absolute atomic E-state index is 13.5. The number of hydrogen-bond acceptors (Lipinski definition) is 4. The Morgan fingerprint density at radius 3 is 2.08 bits per heavy atom. The first-order chi connectivity index (χ1) is 17.4. The maximum atomic E-state index is 13.5. The van der Waals surface area contributed by atoms with Crippen LogP contribution in [0.25, 0.3) is 0 Å². The van der Waals surface area contributed by atoms with Gasteiger partial charge in [0.15, 0.2) is 0 Å². The Hall–Kier alpha value is -2.97. The molecule has 0 bridgehead atoms. The quantitative estimate of drug-likeness (QED) is 0.391. The third-order valence-electron chi connectivity index (χ3n) is 6.41. The van der Waals surface area contributed by atoms with Gasteiger partial charge in [0, 0.05) is 12.2 Å². The molecular formula is C29H40N4O3S. The van der Waals surface area contributed by atoms with Crippen LogP contribution >= 0.6 is 0 Å². The van der Waals surface area contributed by atoms with Crippen molar-refractivity contribution in [1.29, 1.82) is 0 Å². The van der Waals surface area contributed by atoms with E-state index < -0.39 is 16.2 Å². The van der Waals surface area contributed by atoms with Crippen LogP contribution in [0.3, 0.4) is 0 Å². The summed E-state index contributed by atoms with van der Waals surface area (Å²) in [5, 5.41) is 2.86. The first-order valence-corrected chi connectivity index (χ1v) is 14.3. The molecule has 0 fully saturated rings. The SMILES string of the molecule is Cc1cc(C(C)C)c(NC(=O)NS(=O)(=O)N(CC2=NC(C(C)C)C=C2)Cc2ccccc2)c(C(C)C)c1. The normalized spacial score (nSPS) is 15.6. The van der Waals surface area contributed by atoms with Crippen LogP contribution < -0.4 is 10.0 Å². The number of urea groups is 1. The molecule has 2 N–H and O–H groups in total. The minimum Gasteiger partial charge on any atom is -0.307 e. The zero-order valence-corrected chi connectivity index (χ0v) is 23.8. The highest BCUT2D eigenvalue weighted by Gasteiger charge is 2.28. The minimum absolute atomic E-state index is 0.0259. The lowest BCUT2D eigenvalue weighted by Crippen LogP contribution is -2.46. The lowest BCUT2D eigenvalue weighted by molar-refractivity contribution is 0.255. The number of anilines is 1. The van der Waals surface area contributed by atoms with Gasteiger partial charge in [-0.25, -0.2) is 9.52 Å². The van der Waals surface area contributed by atoms with Crippen LogP contribution in [0.4, 0.5) is 10.5 Å². The van der Waals surface area contributed by atoms with E-state index in [-0.39, 0.29) is 31.0 Å². The Labute approximate surface area is 222 Å². The van der Waals surface area contributed by atoms with Gasteiger partial charge in [-0.1, -0.05) is 95.6 Å². The molecule has 0 aromatic heterocycles. The zero-order valence-electron chi connectivity index (χ0n) is 22.9. The van der Waals surface area contributed by atoms with Crippen molar-refractivity contribution in [2.24, 2.45) is 10.9 Å². The second-order valence-electron chi connectivity index (χ2n) is 10.7. The molecule has 1 aliphatic rings. The molecule has 1 heterocycles. The third-order valence-corrected chi connectivity index (χ3v) is 7.79. The fourth-order valence-corrected chi connectivity index (χ4v) is 5.40. The summed E-state index contributed by atoms with van der Waals surface area (Å²) < 4.78 is 30.5. The van der Waals surface area contributed by atoms with Gasteiger partial charge in [0.1, 0.15) is 0 Å². The maximum Gasteiger partial charge on any atom is 0.333 e. The Balaban J connectivity index is 1.87. The molecule has 1 atom stereocenters. The van der Waals surface area contributed by atoms with Crippen molar-refractivity contribution < 1.29 is 13.2 Å². The summed E-state index contributed by atoms with van der Waals surface area (Å²) in [5.74, 6) is 0.622. The average molecular weight is 525 g/mol. The minimum atomic E-state index is -4.18. The fourth-order valence-electron chi connectivity index (χ4n) is 4.36. The largest absolute Gasteiger partial charge is 0.333 e. The van der Waals surface area contributed by atoms with Crippen molar-refractivity contribution >= 4 is 27.6 Å². The first kappa shape index (κ1) is 28.6. The van der Waals surface area contributed by atoms with E-state index in [1.54, 1.807) is 0 Å². The monoisotopic (exact) mass is 524 g/mol. The second kappa shape index (κ2) is 12.0. The van der Waals surface area contributed by atoms with Crippen molar-refractivity contribution in [2.45, 2.75) is 72.9 Å². The van der Waals surface area contributed by atoms with Crippen molar-refractivity contribution in [2.75, 3.05) is 11.9 Å². The second-order valence-corrected chi connectivity index (χ2v) is 12.3. The molecule has 0 radical (unpaired) electrons. The standard InChI is InChI=1S/C29H40N4O3S/c1-19(2)25-15-22(7)16-26(20(3)4)28(25)31-29(34)32-37(35,36)33(17-23-11-9-8-10-12-23)18-24-13-14-27(30-24)21(5)6/h8-16,19-21,27H,17-18H2,1-7H3,(H2,31,32,34). The molecule has 1 aliphatic heterocycles. The van der Waals surface area contributed by atoms with Gasteiger partial charge in [-0.15, -0.1) is 0 Å². The number of carbonyl (C=O) groups excluding carboxylic acids is 1. The van der Waals surface area contributed by atoms with Crippen LogP contribution in [-0.2, 0) is 16.8 Å². The van der Waals surface area contributed by atoms with E-state index in [1.807, 2.05) is 61.5 Å². The van der Waals surface area contributed by atoms with Crippen LogP contribution in [0, 0.1) is 12.8 Å². The molecule has 37 heavy (non-hydrogen) atoms. The number of amides is 2. The highest BCUT2D eigenvalue weighted by atomic mass is 32.2. The van der Waals surface area contributed by atoms with Crippen LogP contribution in [0.5, 0.6) is 0 Å². The van der Waals surface area contributed by atoms with Crippen molar-refractivity contribution in [1.82, 2.24) is 9.03 Å². The van der Waals surface area contributed by atoms with Gasteiger partial charge in [-0.2, -0.15) is 12.7 Å². The van der Waals surface area contributed by atoms with E-state index in [0.717, 1.165) is 22.3 Å². The van der Waals surface area contributed by atoms with Crippen LogP contribution in [0.1, 0.15) is 75.6 Å². The molecule has 0 saturated carbocycles. The first-order valence-electron chi connectivity index (χ1n) is 12.9. The highest BCUT2D eigenvalue weighted by molar-refractivity contribution is 7.87. The van der Waals surface area contributed by atoms with E-state index in [2.05, 4.69) is 56.6 Å². The topological polar surface area (TPSA) is 90.9 Å². The van der Waals surface area contributed by atoms with Gasteiger partial charge in [0.05, 0.1) is 18.3 Å². The number of nitrogens with zero attached hydrogens (tertiary/aromatic N) is 2. The van der Waals surface area contributed by atoms with E-state index >= 15 is 0 Å². The van der Waals surface area contributed by atoms with Crippen molar-refractivity contribution in [3.05, 3.63) is 76.9 Å². The summed E-state index contributed by atoms with van der Waals surface area (Å²) >= 11 is 0. The number of carbonyl (C=O) groups is 1. The summed E-state index contributed by atoms with van der Waals surface area (Å²) in [4.78, 5) is 17.8. The molecule has 8 heteroatoms. The molecule has 200 valence electrons. The Morgan fingerprint density at radius 2 is 1.57 bits per heavy atom. The Bertz CT molecular complexity index is 1240. The molecule has 7 nitrogen and oxygen atoms in total. The summed E-state index contributed by atoms with van der Waals surface area (Å²) in [5.41, 5.74) is 5.21. The predicted molar refractivity (Wildman–Crippen MR) is 152 cm³/mol. The summed E-state index contributed by atoms with van der Waals surface area (Å²) in [6.45, 7) is 14.6. The van der Waals surface area contributed by atoms with Gasteiger partial charge in [0.2, 0.25) is 0 Å². The summed E-state index contributed by atoms with van der Waals surface area (Å²) in [6, 6.07) is 12.7. The third kappa shape index (κ3) is 7.52. The zero-order chi connectivity index (χ0) is 27.3. The van der Waals surface area contributed by atoms with Crippen LogP contribution in [0.15, 0.2) is 59.6 Å². The van der Waals surface area contributed by atoms with E-state index in [4.69, 9.17) is 0 Å². The molecule has 0 aliphatic carbocycles. The van der Waals surface area contributed by atoms with Crippen molar-refractivity contribution in [3.63, 3.8) is 0 Å². The summed E-state index contributed by atoms with van der Waals surface area (Å²) in [6.07, 6.45) is 3.86. The lowest BCUT2D eigenvalue weighted by Gasteiger charge is -2.24. The molecule has 2 amide bonds. The molecule has 1 unspecified atom stereocenters. The molecule has 2 aromatic carbocycles. The highest BCUT2D eigenvalue weighted by Crippen LogP contribution is 2.34. The summed E-state index contributed by atoms with van der Waals surface area (Å²) in [7, 11) is -4.18. The average Bonchev–Trinajstić information content (AvgIpc) is 3.28. The fraction of sp³-hybridized carbons (Fsp3) is 0.448. The van der Waals surface area contributed by atoms with Gasteiger partial charge in [0.25, 0.3) is 0 Å². The van der Waals surface area contributed by atoms with Gasteiger partial charge in [-0.05, 0) is 47.4 Å². The van der Waals surface area contributed by atoms with E-state index in [1.165, 1.54) is 4.31 Å². The molecule has 0 saturated heterocycles. The van der Waals surface area contributed by atoms with Gasteiger partial charge < -0.3 is 5.32 Å². The molecular weight excluding hydrogens is 484 g/mol. The number of aryl methyl sites for hydroxylation is 1. The van der Waals surface area contributed by atoms with Gasteiger partial charge in [-0.3, -0.25) is 4.99 Å². The number of hydrogen-bond donors (Lipinski definition) is 2. The Morgan fingerprint density at radius 1 is 0.973 bits per heavy atom. The predicted octanol–water partition coefficient (Wildman–Crippen LogP) is 6.15. The number of aliphatic imine (C=N–C) groups is 1. The van der Waals surface area contributed by atoms with E-state index in [0.29, 0.717) is 17.3 Å². The molecule has 0 spiro atoms. The van der Waals surface area contributed by atoms with Crippen LogP contribution in [0.2, 0.25) is 0 Å². The van der Waals surface area contributed by atoms with E-state index in [9.17, 15) is 13.2 Å². The number of nitrogens with one attached hydrogen (secondary N) is 2. The molecule has 3 rings (SSSR count). The van der Waals surface area contributed by atoms with Crippen molar-refractivity contribution in [3.8, 4) is 0 Å². The van der Waals surface area contributed by atoms with Crippen LogP contribution in [-0.4, -0.2) is 37.1 Å². The molecule has 2 aromatic rings. The number of rotatable bonds is 10. The van der Waals surface area contributed by atoms with Gasteiger partial charge >= 0.3 is 16.2 Å². The Kier molecular flexibility index (Phi) is 9.31. The lowest BCUT2D eigenvalue weighted by atomic mass is 9.90. The smallest absolute Gasteiger partial charge is 0.307 e. The number of benzene rings is 2.